The van der Waals surface area contributed by atoms with Crippen LogP contribution in [0.15, 0.2) is 12.1 Å². The molecule has 0 spiro atoms. The van der Waals surface area contributed by atoms with Crippen molar-refractivity contribution in [3.05, 3.63) is 33.8 Å². The van der Waals surface area contributed by atoms with Crippen molar-refractivity contribution < 1.29 is 9.90 Å². The van der Waals surface area contributed by atoms with Gasteiger partial charge in [-0.15, -0.1) is 0 Å². The molecule has 0 fully saturated rings. The van der Waals surface area contributed by atoms with Crippen LogP contribution in [0.5, 0.6) is 0 Å². The van der Waals surface area contributed by atoms with Crippen LogP contribution in [0.2, 0.25) is 5.02 Å². The molecule has 0 saturated heterocycles. The number of hydrogen-bond acceptors (Lipinski definition) is 2. The number of carboxylic acid groups (broad SMARTS) is 1. The molecule has 0 aliphatic carbocycles. The number of nitrogens with zero attached hydrogens (tertiary/aromatic N) is 1. The van der Waals surface area contributed by atoms with Crippen molar-refractivity contribution in [3.63, 3.8) is 0 Å². The van der Waals surface area contributed by atoms with E-state index in [-0.39, 0.29) is 11.1 Å². The van der Waals surface area contributed by atoms with Crippen molar-refractivity contribution in [2.45, 2.75) is 6.92 Å². The lowest BCUT2D eigenvalue weighted by atomic mass is 10.1. The number of aromatic carboxylic acids is 1. The summed E-state index contributed by atoms with van der Waals surface area (Å²) in [6.45, 7) is 1.60. The van der Waals surface area contributed by atoms with Gasteiger partial charge in [0.2, 0.25) is 0 Å². The molecule has 0 aliphatic rings. The number of halogens is 1. The Labute approximate surface area is 80.2 Å². The topological polar surface area (TPSA) is 61.1 Å². The fraction of sp³-hybridized carbons (Fsp3) is 0.111. The Hall–Kier alpha value is -1.53. The zero-order chi connectivity index (χ0) is 10.0. The first-order valence-electron chi connectivity index (χ1n) is 3.50. The van der Waals surface area contributed by atoms with Crippen LogP contribution in [-0.2, 0) is 0 Å². The highest BCUT2D eigenvalue weighted by Gasteiger charge is 2.11. The quantitative estimate of drug-likeness (QED) is 0.748. The maximum atomic E-state index is 10.7. The minimum Gasteiger partial charge on any atom is -0.478 e. The lowest BCUT2D eigenvalue weighted by molar-refractivity contribution is 0.0696. The molecule has 0 atom stereocenters. The summed E-state index contributed by atoms with van der Waals surface area (Å²) < 4.78 is 0. The molecular formula is C9H6ClNO2. The van der Waals surface area contributed by atoms with E-state index in [0.717, 1.165) is 0 Å². The molecule has 13 heavy (non-hydrogen) atoms. The first-order valence-corrected chi connectivity index (χ1v) is 3.87. The van der Waals surface area contributed by atoms with Crippen molar-refractivity contribution in [1.82, 2.24) is 0 Å². The second-order valence-corrected chi connectivity index (χ2v) is 2.95. The van der Waals surface area contributed by atoms with Gasteiger partial charge in [0.15, 0.2) is 0 Å². The van der Waals surface area contributed by atoms with Crippen molar-refractivity contribution in [1.29, 1.82) is 5.26 Å². The highest BCUT2D eigenvalue weighted by molar-refractivity contribution is 6.31. The van der Waals surface area contributed by atoms with Gasteiger partial charge in [-0.25, -0.2) is 4.79 Å². The van der Waals surface area contributed by atoms with E-state index in [4.69, 9.17) is 22.0 Å². The molecule has 4 heteroatoms. The summed E-state index contributed by atoms with van der Waals surface area (Å²) in [6.07, 6.45) is 0. The molecule has 0 bridgehead atoms. The van der Waals surface area contributed by atoms with Crippen LogP contribution in [0.1, 0.15) is 21.5 Å². The normalized spacial score (nSPS) is 9.31. The first-order chi connectivity index (χ1) is 6.06. The van der Waals surface area contributed by atoms with Gasteiger partial charge in [-0.3, -0.25) is 0 Å². The third kappa shape index (κ3) is 1.79. The predicted octanol–water partition coefficient (Wildman–Crippen LogP) is 2.22. The summed E-state index contributed by atoms with van der Waals surface area (Å²) in [6, 6.07) is 4.60. The third-order valence-corrected chi connectivity index (χ3v) is 2.10. The average Bonchev–Trinajstić information content (AvgIpc) is 2.09. The molecule has 3 nitrogen and oxygen atoms in total. The van der Waals surface area contributed by atoms with E-state index in [9.17, 15) is 4.79 Å². The lowest BCUT2D eigenvalue weighted by Gasteiger charge is -2.02. The van der Waals surface area contributed by atoms with Gasteiger partial charge in [-0.2, -0.15) is 5.26 Å². The fourth-order valence-electron chi connectivity index (χ4n) is 0.966. The molecule has 0 radical (unpaired) electrons. The Morgan fingerprint density at radius 1 is 1.62 bits per heavy atom. The van der Waals surface area contributed by atoms with Crippen LogP contribution < -0.4 is 0 Å². The van der Waals surface area contributed by atoms with Gasteiger partial charge in [0.25, 0.3) is 0 Å². The smallest absolute Gasteiger partial charge is 0.336 e. The summed E-state index contributed by atoms with van der Waals surface area (Å²) in [5.41, 5.74) is 0.810. The molecule has 0 heterocycles. The van der Waals surface area contributed by atoms with Crippen molar-refractivity contribution in [3.8, 4) is 6.07 Å². The summed E-state index contributed by atoms with van der Waals surface area (Å²) in [5.74, 6) is -1.07. The number of rotatable bonds is 1. The van der Waals surface area contributed by atoms with Gasteiger partial charge in [0.1, 0.15) is 0 Å². The van der Waals surface area contributed by atoms with E-state index >= 15 is 0 Å². The second kappa shape index (κ2) is 3.46. The summed E-state index contributed by atoms with van der Waals surface area (Å²) in [7, 11) is 0. The molecule has 0 aliphatic heterocycles. The van der Waals surface area contributed by atoms with Crippen LogP contribution in [0.3, 0.4) is 0 Å². The maximum absolute atomic E-state index is 10.7. The zero-order valence-electron chi connectivity index (χ0n) is 6.84. The van der Waals surface area contributed by atoms with E-state index < -0.39 is 5.97 Å². The van der Waals surface area contributed by atoms with E-state index in [1.807, 2.05) is 6.07 Å². The number of carbonyl (C=O) groups is 1. The van der Waals surface area contributed by atoms with Gasteiger partial charge in [-0.05, 0) is 24.6 Å². The summed E-state index contributed by atoms with van der Waals surface area (Å²) in [5, 5.41) is 17.6. The maximum Gasteiger partial charge on any atom is 0.336 e. The van der Waals surface area contributed by atoms with Gasteiger partial charge < -0.3 is 5.11 Å². The molecule has 0 aromatic heterocycles. The average molecular weight is 196 g/mol. The molecule has 1 rings (SSSR count). The number of benzene rings is 1. The molecule has 1 aromatic rings. The first kappa shape index (κ1) is 9.56. The zero-order valence-corrected chi connectivity index (χ0v) is 7.59. The standard InChI is InChI=1S/C9H6ClNO2/c1-5-7(9(12)13)2-6(4-11)3-8(5)10/h2-3H,1H3,(H,12,13). The van der Waals surface area contributed by atoms with Crippen LogP contribution >= 0.6 is 11.6 Å². The minimum atomic E-state index is -1.07. The van der Waals surface area contributed by atoms with Gasteiger partial charge in [-0.1, -0.05) is 11.6 Å². The van der Waals surface area contributed by atoms with Crippen LogP contribution in [0.25, 0.3) is 0 Å². The number of carboxylic acids is 1. The largest absolute Gasteiger partial charge is 0.478 e. The molecule has 1 N–H and O–H groups in total. The van der Waals surface area contributed by atoms with Crippen molar-refractivity contribution >= 4 is 17.6 Å². The molecule has 0 saturated carbocycles. The van der Waals surface area contributed by atoms with Gasteiger partial charge >= 0.3 is 5.97 Å². The van der Waals surface area contributed by atoms with Crippen LogP contribution in [-0.4, -0.2) is 11.1 Å². The number of hydrogen-bond donors (Lipinski definition) is 1. The highest BCUT2D eigenvalue weighted by Crippen LogP contribution is 2.21. The van der Waals surface area contributed by atoms with Gasteiger partial charge in [0.05, 0.1) is 17.2 Å². The monoisotopic (exact) mass is 195 g/mol. The van der Waals surface area contributed by atoms with E-state index in [1.165, 1.54) is 12.1 Å². The van der Waals surface area contributed by atoms with Gasteiger partial charge in [0, 0.05) is 5.02 Å². The van der Waals surface area contributed by atoms with Crippen molar-refractivity contribution in [2.75, 3.05) is 0 Å². The predicted molar refractivity (Wildman–Crippen MR) is 47.9 cm³/mol. The fourth-order valence-corrected chi connectivity index (χ4v) is 1.18. The van der Waals surface area contributed by atoms with Crippen molar-refractivity contribution in [2.24, 2.45) is 0 Å². The van der Waals surface area contributed by atoms with E-state index in [2.05, 4.69) is 0 Å². The van der Waals surface area contributed by atoms with Crippen LogP contribution in [0, 0.1) is 18.3 Å². The Balaban J connectivity index is 3.44. The molecule has 0 unspecified atom stereocenters. The SMILES string of the molecule is Cc1c(Cl)cc(C#N)cc1C(=O)O. The van der Waals surface area contributed by atoms with Crippen LogP contribution in [0.4, 0.5) is 0 Å². The molecular weight excluding hydrogens is 190 g/mol. The minimum absolute atomic E-state index is 0.0732. The summed E-state index contributed by atoms with van der Waals surface area (Å²) in [4.78, 5) is 10.7. The highest BCUT2D eigenvalue weighted by atomic mass is 35.5. The van der Waals surface area contributed by atoms with E-state index in [0.29, 0.717) is 10.6 Å². The lowest BCUT2D eigenvalue weighted by Crippen LogP contribution is -2.00. The Morgan fingerprint density at radius 2 is 2.23 bits per heavy atom. The molecule has 66 valence electrons. The Bertz CT molecular complexity index is 407. The van der Waals surface area contributed by atoms with E-state index in [1.54, 1.807) is 6.92 Å². The Kier molecular flexibility index (Phi) is 2.54. The second-order valence-electron chi connectivity index (χ2n) is 2.55. The molecule has 1 aromatic carbocycles. The molecule has 0 amide bonds. The third-order valence-electron chi connectivity index (χ3n) is 1.70. The summed E-state index contributed by atoms with van der Waals surface area (Å²) >= 11 is 5.73. The Morgan fingerprint density at radius 3 is 2.69 bits per heavy atom. The number of nitriles is 1.